The summed E-state index contributed by atoms with van der Waals surface area (Å²) in [7, 11) is 1.60. The maximum absolute atomic E-state index is 14.1. The van der Waals surface area contributed by atoms with Crippen LogP contribution in [-0.2, 0) is 6.18 Å². The molecule has 0 unspecified atom stereocenters. The Morgan fingerprint density at radius 2 is 1.73 bits per heavy atom. The van der Waals surface area contributed by atoms with Crippen molar-refractivity contribution in [2.45, 2.75) is 19.5 Å². The number of aromatic nitrogens is 2. The molecule has 174 valence electrons. The number of anilines is 1. The van der Waals surface area contributed by atoms with Gasteiger partial charge in [-0.25, -0.2) is 4.68 Å². The van der Waals surface area contributed by atoms with Crippen LogP contribution >= 0.6 is 0 Å². The minimum atomic E-state index is -4.73. The van der Waals surface area contributed by atoms with Crippen molar-refractivity contribution >= 4 is 11.6 Å². The normalized spacial score (nSPS) is 14.8. The Hall–Kier alpha value is -3.49. The maximum atomic E-state index is 14.1. The maximum Gasteiger partial charge on any atom is 0.434 e. The number of rotatable bonds is 4. The number of carbonyl (C=O) groups is 1. The molecule has 1 amide bonds. The van der Waals surface area contributed by atoms with E-state index in [1.54, 1.807) is 38.3 Å². The molecule has 0 N–H and O–H groups in total. The Morgan fingerprint density at radius 3 is 2.39 bits per heavy atom. The third kappa shape index (κ3) is 4.67. The van der Waals surface area contributed by atoms with Crippen molar-refractivity contribution in [1.82, 2.24) is 14.7 Å². The zero-order chi connectivity index (χ0) is 23.6. The standard InChI is InChI=1S/C24H25F3N4O2/c1-17-6-3-4-7-21(17)31-22(24(25,26)27)20(16-28-31)23(32)30-13-5-12-29(14-15-30)18-8-10-19(33-2)11-9-18/h3-4,6-11,16H,5,12-15H2,1-2H3. The number of alkyl halides is 3. The molecule has 1 aliphatic heterocycles. The van der Waals surface area contributed by atoms with Crippen LogP contribution in [0.3, 0.4) is 0 Å². The summed E-state index contributed by atoms with van der Waals surface area (Å²) in [5.74, 6) is 0.0921. The van der Waals surface area contributed by atoms with Crippen molar-refractivity contribution in [3.63, 3.8) is 0 Å². The molecule has 0 radical (unpaired) electrons. The van der Waals surface area contributed by atoms with Gasteiger partial charge in [-0.15, -0.1) is 0 Å². The molecule has 6 nitrogen and oxygen atoms in total. The molecule has 0 bridgehead atoms. The molecule has 3 aromatic rings. The average molecular weight is 458 g/mol. The lowest BCUT2D eigenvalue weighted by Gasteiger charge is -2.24. The van der Waals surface area contributed by atoms with Crippen LogP contribution in [0.15, 0.2) is 54.7 Å². The predicted octanol–water partition coefficient (Wildman–Crippen LogP) is 4.56. The summed E-state index contributed by atoms with van der Waals surface area (Å²) in [6.45, 7) is 3.62. The van der Waals surface area contributed by atoms with Gasteiger partial charge >= 0.3 is 6.18 Å². The number of carbonyl (C=O) groups excluding carboxylic acids is 1. The first-order valence-corrected chi connectivity index (χ1v) is 10.7. The number of methoxy groups -OCH3 is 1. The number of para-hydroxylation sites is 1. The topological polar surface area (TPSA) is 50.6 Å². The Kier molecular flexibility index (Phi) is 6.31. The molecule has 1 saturated heterocycles. The number of benzene rings is 2. The Bertz CT molecular complexity index is 1130. The van der Waals surface area contributed by atoms with E-state index in [-0.39, 0.29) is 0 Å². The van der Waals surface area contributed by atoms with E-state index in [2.05, 4.69) is 10.00 Å². The zero-order valence-corrected chi connectivity index (χ0v) is 18.5. The number of ether oxygens (including phenoxy) is 1. The van der Waals surface area contributed by atoms with Crippen molar-refractivity contribution in [3.8, 4) is 11.4 Å². The lowest BCUT2D eigenvalue weighted by molar-refractivity contribution is -0.143. The van der Waals surface area contributed by atoms with Gasteiger partial charge in [0.25, 0.3) is 5.91 Å². The summed E-state index contributed by atoms with van der Waals surface area (Å²) < 4.78 is 48.2. The third-order valence-electron chi connectivity index (χ3n) is 5.83. The van der Waals surface area contributed by atoms with E-state index in [1.807, 2.05) is 24.3 Å². The summed E-state index contributed by atoms with van der Waals surface area (Å²) in [6.07, 6.45) is -3.06. The van der Waals surface area contributed by atoms with Crippen molar-refractivity contribution < 1.29 is 22.7 Å². The lowest BCUT2D eigenvalue weighted by Crippen LogP contribution is -2.36. The highest BCUT2D eigenvalue weighted by Gasteiger charge is 2.41. The Balaban J connectivity index is 1.58. The quantitative estimate of drug-likeness (QED) is 0.575. The Labute approximate surface area is 190 Å². The fourth-order valence-corrected chi connectivity index (χ4v) is 4.10. The third-order valence-corrected chi connectivity index (χ3v) is 5.83. The number of halogens is 3. The fourth-order valence-electron chi connectivity index (χ4n) is 4.10. The van der Waals surface area contributed by atoms with Gasteiger partial charge in [0.2, 0.25) is 0 Å². The molecule has 9 heteroatoms. The van der Waals surface area contributed by atoms with Crippen LogP contribution in [0, 0.1) is 6.92 Å². The summed E-state index contributed by atoms with van der Waals surface area (Å²) in [6, 6.07) is 14.2. The highest BCUT2D eigenvalue weighted by atomic mass is 19.4. The van der Waals surface area contributed by atoms with E-state index in [9.17, 15) is 18.0 Å². The van der Waals surface area contributed by atoms with Crippen LogP contribution in [0.5, 0.6) is 5.75 Å². The average Bonchev–Trinajstić information content (AvgIpc) is 3.11. The molecule has 1 fully saturated rings. The summed E-state index contributed by atoms with van der Waals surface area (Å²) in [5, 5.41) is 3.96. The van der Waals surface area contributed by atoms with Gasteiger partial charge in [-0.2, -0.15) is 18.3 Å². The summed E-state index contributed by atoms with van der Waals surface area (Å²) in [5.41, 5.74) is 0.440. The van der Waals surface area contributed by atoms with E-state index in [0.717, 1.165) is 22.3 Å². The second-order valence-corrected chi connectivity index (χ2v) is 7.93. The van der Waals surface area contributed by atoms with Gasteiger partial charge in [0, 0.05) is 31.9 Å². The van der Waals surface area contributed by atoms with Gasteiger partial charge in [0.1, 0.15) is 5.75 Å². The van der Waals surface area contributed by atoms with Gasteiger partial charge in [0.15, 0.2) is 5.69 Å². The van der Waals surface area contributed by atoms with Gasteiger partial charge in [-0.05, 0) is 49.2 Å². The van der Waals surface area contributed by atoms with Crippen LogP contribution in [0.25, 0.3) is 5.69 Å². The van der Waals surface area contributed by atoms with E-state index in [4.69, 9.17) is 4.74 Å². The fraction of sp³-hybridized carbons (Fsp3) is 0.333. The second kappa shape index (κ2) is 9.17. The van der Waals surface area contributed by atoms with E-state index in [0.29, 0.717) is 43.9 Å². The molecule has 1 aromatic heterocycles. The molecule has 0 aliphatic carbocycles. The molecule has 1 aliphatic rings. The molecule has 2 heterocycles. The largest absolute Gasteiger partial charge is 0.497 e. The molecular weight excluding hydrogens is 433 g/mol. The summed E-state index contributed by atoms with van der Waals surface area (Å²) >= 11 is 0. The lowest BCUT2D eigenvalue weighted by atomic mass is 10.1. The monoisotopic (exact) mass is 458 g/mol. The number of amides is 1. The molecule has 33 heavy (non-hydrogen) atoms. The van der Waals surface area contributed by atoms with Gasteiger partial charge in [-0.3, -0.25) is 4.79 Å². The highest BCUT2D eigenvalue weighted by molar-refractivity contribution is 5.95. The highest BCUT2D eigenvalue weighted by Crippen LogP contribution is 2.35. The van der Waals surface area contributed by atoms with Crippen LogP contribution < -0.4 is 9.64 Å². The van der Waals surface area contributed by atoms with Crippen molar-refractivity contribution in [2.75, 3.05) is 38.2 Å². The molecule has 0 atom stereocenters. The molecular formula is C24H25F3N4O2. The first kappa shape index (κ1) is 22.7. The van der Waals surface area contributed by atoms with Crippen LogP contribution in [0.2, 0.25) is 0 Å². The first-order chi connectivity index (χ1) is 15.8. The minimum Gasteiger partial charge on any atom is -0.497 e. The number of aryl methyl sites for hydroxylation is 1. The summed E-state index contributed by atoms with van der Waals surface area (Å²) in [4.78, 5) is 16.8. The Morgan fingerprint density at radius 1 is 1.00 bits per heavy atom. The number of hydrogen-bond donors (Lipinski definition) is 0. The van der Waals surface area contributed by atoms with Crippen LogP contribution in [0.1, 0.15) is 28.0 Å². The van der Waals surface area contributed by atoms with Gasteiger partial charge < -0.3 is 14.5 Å². The molecule has 0 saturated carbocycles. The second-order valence-electron chi connectivity index (χ2n) is 7.93. The molecule has 2 aromatic carbocycles. The zero-order valence-electron chi connectivity index (χ0n) is 18.5. The predicted molar refractivity (Wildman–Crippen MR) is 119 cm³/mol. The number of nitrogens with zero attached hydrogens (tertiary/aromatic N) is 4. The van der Waals surface area contributed by atoms with E-state index < -0.39 is 23.3 Å². The first-order valence-electron chi connectivity index (χ1n) is 10.7. The van der Waals surface area contributed by atoms with Gasteiger partial charge in [0.05, 0.1) is 24.6 Å². The number of hydrogen-bond acceptors (Lipinski definition) is 4. The smallest absolute Gasteiger partial charge is 0.434 e. The van der Waals surface area contributed by atoms with Crippen LogP contribution in [-0.4, -0.2) is 53.9 Å². The van der Waals surface area contributed by atoms with Crippen molar-refractivity contribution in [1.29, 1.82) is 0 Å². The molecule has 0 spiro atoms. The molecule has 4 rings (SSSR count). The van der Waals surface area contributed by atoms with Crippen molar-refractivity contribution in [3.05, 3.63) is 71.5 Å². The van der Waals surface area contributed by atoms with Gasteiger partial charge in [-0.1, -0.05) is 18.2 Å². The van der Waals surface area contributed by atoms with Crippen LogP contribution in [0.4, 0.5) is 18.9 Å². The van der Waals surface area contributed by atoms with Crippen molar-refractivity contribution in [2.24, 2.45) is 0 Å². The van der Waals surface area contributed by atoms with E-state index in [1.165, 1.54) is 4.90 Å². The van der Waals surface area contributed by atoms with E-state index >= 15 is 0 Å². The minimum absolute atomic E-state index is 0.297. The SMILES string of the molecule is COc1ccc(N2CCCN(C(=O)c3cnn(-c4ccccc4C)c3C(F)(F)F)CC2)cc1.